The highest BCUT2D eigenvalue weighted by atomic mass is 19.1. The first-order valence-electron chi connectivity index (χ1n) is 9.40. The summed E-state index contributed by atoms with van der Waals surface area (Å²) in [4.78, 5) is 23.7. The number of halogens is 1. The molecule has 0 saturated heterocycles. The molecule has 9 heteroatoms. The van der Waals surface area contributed by atoms with Crippen LogP contribution in [-0.2, 0) is 0 Å². The van der Waals surface area contributed by atoms with E-state index in [9.17, 15) is 19.4 Å². The summed E-state index contributed by atoms with van der Waals surface area (Å²) in [6.07, 6.45) is 1.11. The summed E-state index contributed by atoms with van der Waals surface area (Å²) in [7, 11) is 0. The zero-order chi connectivity index (χ0) is 20.9. The summed E-state index contributed by atoms with van der Waals surface area (Å²) < 4.78 is 14.9. The molecule has 6 N–H and O–H groups in total. The lowest BCUT2D eigenvalue weighted by molar-refractivity contribution is 0.0693. The van der Waals surface area contributed by atoms with E-state index in [0.29, 0.717) is 28.6 Å². The van der Waals surface area contributed by atoms with Gasteiger partial charge in [-0.15, -0.1) is 0 Å². The molecule has 1 aliphatic carbocycles. The number of hydrogen-bond acceptors (Lipinski definition) is 6. The maximum atomic E-state index is 14.9. The number of benzene rings is 1. The minimum Gasteiger partial charge on any atom is -0.478 e. The highest BCUT2D eigenvalue weighted by molar-refractivity contribution is 5.96. The fourth-order valence-corrected chi connectivity index (χ4v) is 3.29. The van der Waals surface area contributed by atoms with E-state index < -0.39 is 23.9 Å². The highest BCUT2D eigenvalue weighted by Gasteiger charge is 2.26. The summed E-state index contributed by atoms with van der Waals surface area (Å²) in [5.74, 6) is -1.21. The van der Waals surface area contributed by atoms with Gasteiger partial charge in [-0.3, -0.25) is 0 Å². The molecule has 0 bridgehead atoms. The van der Waals surface area contributed by atoms with Crippen molar-refractivity contribution in [3.05, 3.63) is 41.0 Å². The van der Waals surface area contributed by atoms with E-state index >= 15 is 0 Å². The van der Waals surface area contributed by atoms with Crippen molar-refractivity contribution in [3.8, 4) is 11.3 Å². The summed E-state index contributed by atoms with van der Waals surface area (Å²) in [5.41, 5.74) is 7.78. The number of hydrogen-bond donors (Lipinski definition) is 5. The van der Waals surface area contributed by atoms with Gasteiger partial charge in [-0.1, -0.05) is 0 Å². The summed E-state index contributed by atoms with van der Waals surface area (Å²) in [6.45, 7) is 3.29. The lowest BCUT2D eigenvalue weighted by atomic mass is 10.1. The quantitative estimate of drug-likeness (QED) is 0.430. The number of aliphatic hydroxyl groups is 1. The number of H-pyrrole nitrogens is 1. The van der Waals surface area contributed by atoms with Gasteiger partial charge >= 0.3 is 5.97 Å². The van der Waals surface area contributed by atoms with Gasteiger partial charge in [0.2, 0.25) is 0 Å². The smallest absolute Gasteiger partial charge is 0.337 e. The number of fused-ring (bicyclic) bond motifs is 1. The molecule has 3 aromatic rings. The molecule has 1 aliphatic rings. The Hall–Kier alpha value is -3.04. The Balaban J connectivity index is 1.92. The number of carboxylic acids is 1. The Morgan fingerprint density at radius 3 is 2.72 bits per heavy atom. The second-order valence-electron chi connectivity index (χ2n) is 7.45. The third kappa shape index (κ3) is 3.54. The molecule has 0 radical (unpaired) electrons. The van der Waals surface area contributed by atoms with Crippen LogP contribution in [0.2, 0.25) is 0 Å². The number of anilines is 1. The number of aryl methyl sites for hydroxylation is 1. The number of carbonyl (C=O) groups is 1. The number of rotatable bonds is 6. The minimum atomic E-state index is -1.22. The standard InChI is InChI=1S/C20H22FN5O3/c1-8-19(24-10-3-4-10)26-18-13(23-8)6-5-12(21)15(18)14-7-11(20(28)29)17(25-14)16(22)9(2)27/h5-7,9-10,16,25,27H,3-4,22H2,1-2H3,(H,24,26)(H,28,29). The second-order valence-corrected chi connectivity index (χ2v) is 7.45. The molecule has 1 aromatic carbocycles. The largest absolute Gasteiger partial charge is 0.478 e. The Morgan fingerprint density at radius 2 is 2.10 bits per heavy atom. The topological polar surface area (TPSA) is 137 Å². The summed E-state index contributed by atoms with van der Waals surface area (Å²) >= 11 is 0. The van der Waals surface area contributed by atoms with Gasteiger partial charge in [0, 0.05) is 11.7 Å². The Morgan fingerprint density at radius 1 is 1.38 bits per heavy atom. The van der Waals surface area contributed by atoms with E-state index in [-0.39, 0.29) is 22.5 Å². The van der Waals surface area contributed by atoms with Crippen molar-refractivity contribution >= 4 is 22.8 Å². The van der Waals surface area contributed by atoms with E-state index in [0.717, 1.165) is 12.8 Å². The molecule has 0 spiro atoms. The van der Waals surface area contributed by atoms with Crippen molar-refractivity contribution in [3.63, 3.8) is 0 Å². The van der Waals surface area contributed by atoms with Crippen molar-refractivity contribution in [2.45, 2.75) is 44.9 Å². The Kier molecular flexibility index (Phi) is 4.71. The van der Waals surface area contributed by atoms with Gasteiger partial charge in [0.1, 0.15) is 17.2 Å². The zero-order valence-electron chi connectivity index (χ0n) is 16.0. The van der Waals surface area contributed by atoms with Gasteiger partial charge in [-0.25, -0.2) is 19.2 Å². The first-order valence-corrected chi connectivity index (χ1v) is 9.40. The minimum absolute atomic E-state index is 0.111. The highest BCUT2D eigenvalue weighted by Crippen LogP contribution is 2.34. The molecular weight excluding hydrogens is 377 g/mol. The molecule has 2 heterocycles. The first-order chi connectivity index (χ1) is 13.8. The molecule has 2 unspecified atom stereocenters. The molecule has 2 aromatic heterocycles. The lowest BCUT2D eigenvalue weighted by Crippen LogP contribution is -2.25. The third-order valence-electron chi connectivity index (χ3n) is 5.08. The molecule has 1 fully saturated rings. The molecular formula is C20H22FN5O3. The number of aromatic amines is 1. The van der Waals surface area contributed by atoms with Gasteiger partial charge in [0.05, 0.1) is 40.2 Å². The number of nitrogens with one attached hydrogen (secondary N) is 2. The van der Waals surface area contributed by atoms with E-state index in [1.165, 1.54) is 19.1 Å². The Bertz CT molecular complexity index is 1110. The van der Waals surface area contributed by atoms with Crippen molar-refractivity contribution in [2.24, 2.45) is 5.73 Å². The number of aromatic nitrogens is 3. The maximum absolute atomic E-state index is 14.9. The van der Waals surface area contributed by atoms with Gasteiger partial charge in [-0.2, -0.15) is 0 Å². The van der Waals surface area contributed by atoms with Crippen LogP contribution in [0.5, 0.6) is 0 Å². The van der Waals surface area contributed by atoms with Crippen molar-refractivity contribution < 1.29 is 19.4 Å². The first kappa shape index (κ1) is 19.3. The average Bonchev–Trinajstić information content (AvgIpc) is 3.37. The lowest BCUT2D eigenvalue weighted by Gasteiger charge is -2.14. The summed E-state index contributed by atoms with van der Waals surface area (Å²) in [6, 6.07) is 3.51. The predicted octanol–water partition coefficient (Wildman–Crippen LogP) is 2.73. The SMILES string of the molecule is Cc1nc2ccc(F)c(-c3cc(C(=O)O)c(C(N)C(C)O)[nH]3)c2nc1NC1CC1. The average molecular weight is 399 g/mol. The number of aromatic carboxylic acids is 1. The fourth-order valence-electron chi connectivity index (χ4n) is 3.29. The van der Waals surface area contributed by atoms with Crippen LogP contribution in [0, 0.1) is 12.7 Å². The third-order valence-corrected chi connectivity index (χ3v) is 5.08. The van der Waals surface area contributed by atoms with Crippen LogP contribution in [-0.4, -0.2) is 43.3 Å². The fraction of sp³-hybridized carbons (Fsp3) is 0.350. The molecule has 29 heavy (non-hydrogen) atoms. The molecule has 8 nitrogen and oxygen atoms in total. The Labute approximate surface area is 166 Å². The van der Waals surface area contributed by atoms with E-state index in [2.05, 4.69) is 20.3 Å². The van der Waals surface area contributed by atoms with E-state index in [1.807, 2.05) is 6.92 Å². The van der Waals surface area contributed by atoms with E-state index in [1.54, 1.807) is 6.07 Å². The number of nitrogens with two attached hydrogens (primary N) is 1. The number of carboxylic acid groups (broad SMARTS) is 1. The van der Waals surface area contributed by atoms with Crippen LogP contribution in [0.15, 0.2) is 18.2 Å². The molecule has 2 atom stereocenters. The van der Waals surface area contributed by atoms with Gasteiger partial charge in [0.25, 0.3) is 0 Å². The zero-order valence-corrected chi connectivity index (χ0v) is 16.0. The van der Waals surface area contributed by atoms with Crippen molar-refractivity contribution in [2.75, 3.05) is 5.32 Å². The summed E-state index contributed by atoms with van der Waals surface area (Å²) in [5, 5.41) is 22.6. The molecule has 4 rings (SSSR count). The molecule has 152 valence electrons. The van der Waals surface area contributed by atoms with Crippen LogP contribution < -0.4 is 11.1 Å². The molecule has 0 aliphatic heterocycles. The number of nitrogens with zero attached hydrogens (tertiary/aromatic N) is 2. The van der Waals surface area contributed by atoms with Gasteiger partial charge < -0.3 is 26.2 Å². The van der Waals surface area contributed by atoms with Crippen LogP contribution in [0.1, 0.15) is 47.6 Å². The van der Waals surface area contributed by atoms with Crippen molar-refractivity contribution in [1.82, 2.24) is 15.0 Å². The number of aliphatic hydroxyl groups excluding tert-OH is 1. The monoisotopic (exact) mass is 399 g/mol. The normalized spacial score (nSPS) is 16.0. The second kappa shape index (κ2) is 7.09. The van der Waals surface area contributed by atoms with Gasteiger partial charge in [0.15, 0.2) is 0 Å². The molecule has 0 amide bonds. The van der Waals surface area contributed by atoms with E-state index in [4.69, 9.17) is 5.73 Å². The molecule has 1 saturated carbocycles. The van der Waals surface area contributed by atoms with Gasteiger partial charge in [-0.05, 0) is 44.9 Å². The van der Waals surface area contributed by atoms with Crippen LogP contribution in [0.3, 0.4) is 0 Å². The van der Waals surface area contributed by atoms with Crippen LogP contribution >= 0.6 is 0 Å². The van der Waals surface area contributed by atoms with Crippen LogP contribution in [0.25, 0.3) is 22.3 Å². The van der Waals surface area contributed by atoms with Crippen LogP contribution in [0.4, 0.5) is 10.2 Å². The van der Waals surface area contributed by atoms with Crippen molar-refractivity contribution in [1.29, 1.82) is 0 Å². The predicted molar refractivity (Wildman–Crippen MR) is 106 cm³/mol. The maximum Gasteiger partial charge on any atom is 0.337 e.